The van der Waals surface area contributed by atoms with Gasteiger partial charge in [0, 0.05) is 5.70 Å². The SMILES string of the molecule is O=C(NC1=CCC([C@@H]2CCCNC2)C=C1)c1cnc(OCC(F)(F)F)cn1. The third-order valence-corrected chi connectivity index (χ3v) is 4.58. The van der Waals surface area contributed by atoms with Crippen LogP contribution in [0, 0.1) is 11.8 Å². The molecule has 27 heavy (non-hydrogen) atoms. The molecule has 1 saturated heterocycles. The van der Waals surface area contributed by atoms with Gasteiger partial charge < -0.3 is 15.4 Å². The number of carbonyl (C=O) groups is 1. The number of halogens is 3. The lowest BCUT2D eigenvalue weighted by atomic mass is 9.82. The van der Waals surface area contributed by atoms with E-state index in [1.54, 1.807) is 0 Å². The van der Waals surface area contributed by atoms with Crippen LogP contribution in [0.1, 0.15) is 29.8 Å². The zero-order valence-electron chi connectivity index (χ0n) is 14.6. The summed E-state index contributed by atoms with van der Waals surface area (Å²) in [4.78, 5) is 19.7. The van der Waals surface area contributed by atoms with E-state index in [0.29, 0.717) is 17.5 Å². The summed E-state index contributed by atoms with van der Waals surface area (Å²) < 4.78 is 40.8. The van der Waals surface area contributed by atoms with Gasteiger partial charge in [-0.25, -0.2) is 9.97 Å². The molecule has 9 heteroatoms. The Morgan fingerprint density at radius 3 is 2.78 bits per heavy atom. The Morgan fingerprint density at radius 1 is 1.33 bits per heavy atom. The zero-order chi connectivity index (χ0) is 19.3. The maximum atomic E-state index is 12.2. The summed E-state index contributed by atoms with van der Waals surface area (Å²) in [6.07, 6.45) is 6.85. The molecule has 0 saturated carbocycles. The van der Waals surface area contributed by atoms with Crippen LogP contribution in [0.15, 0.2) is 36.3 Å². The van der Waals surface area contributed by atoms with Crippen LogP contribution >= 0.6 is 0 Å². The van der Waals surface area contributed by atoms with Gasteiger partial charge in [0.15, 0.2) is 6.61 Å². The molecule has 1 aromatic heterocycles. The van der Waals surface area contributed by atoms with E-state index in [1.165, 1.54) is 12.8 Å². The minimum atomic E-state index is -4.46. The highest BCUT2D eigenvalue weighted by Gasteiger charge is 2.28. The number of nitrogens with zero attached hydrogens (tertiary/aromatic N) is 2. The fourth-order valence-electron chi connectivity index (χ4n) is 3.18. The van der Waals surface area contributed by atoms with Crippen molar-refractivity contribution in [2.45, 2.75) is 25.4 Å². The molecule has 6 nitrogen and oxygen atoms in total. The molecule has 2 heterocycles. The van der Waals surface area contributed by atoms with Crippen LogP contribution in [0.3, 0.4) is 0 Å². The molecule has 3 rings (SSSR count). The predicted molar refractivity (Wildman–Crippen MR) is 92.0 cm³/mol. The van der Waals surface area contributed by atoms with E-state index in [9.17, 15) is 18.0 Å². The van der Waals surface area contributed by atoms with Crippen LogP contribution in [0.5, 0.6) is 5.88 Å². The Balaban J connectivity index is 1.50. The van der Waals surface area contributed by atoms with Crippen molar-refractivity contribution in [2.24, 2.45) is 11.8 Å². The van der Waals surface area contributed by atoms with E-state index < -0.39 is 18.7 Å². The largest absolute Gasteiger partial charge is 0.467 e. The molecule has 0 radical (unpaired) electrons. The number of nitrogens with one attached hydrogen (secondary N) is 2. The van der Waals surface area contributed by atoms with Gasteiger partial charge >= 0.3 is 6.18 Å². The van der Waals surface area contributed by atoms with Crippen LogP contribution in [0.2, 0.25) is 0 Å². The van der Waals surface area contributed by atoms with Crippen LogP contribution in [-0.4, -0.2) is 41.7 Å². The highest BCUT2D eigenvalue weighted by atomic mass is 19.4. The maximum absolute atomic E-state index is 12.2. The van der Waals surface area contributed by atoms with Crippen LogP contribution in [-0.2, 0) is 0 Å². The van der Waals surface area contributed by atoms with Crippen molar-refractivity contribution >= 4 is 5.91 Å². The van der Waals surface area contributed by atoms with Gasteiger partial charge in [0.1, 0.15) is 5.69 Å². The molecule has 1 fully saturated rings. The van der Waals surface area contributed by atoms with Crippen molar-refractivity contribution in [1.82, 2.24) is 20.6 Å². The van der Waals surface area contributed by atoms with E-state index in [1.807, 2.05) is 12.2 Å². The zero-order valence-corrected chi connectivity index (χ0v) is 14.6. The number of alkyl halides is 3. The Labute approximate surface area is 154 Å². The normalized spacial score (nSPS) is 22.9. The summed E-state index contributed by atoms with van der Waals surface area (Å²) in [6, 6.07) is 0. The maximum Gasteiger partial charge on any atom is 0.422 e. The highest BCUT2D eigenvalue weighted by molar-refractivity contribution is 5.93. The van der Waals surface area contributed by atoms with E-state index >= 15 is 0 Å². The molecule has 0 aromatic carbocycles. The van der Waals surface area contributed by atoms with Gasteiger partial charge in [-0.15, -0.1) is 0 Å². The lowest BCUT2D eigenvalue weighted by molar-refractivity contribution is -0.154. The summed E-state index contributed by atoms with van der Waals surface area (Å²) in [5, 5.41) is 6.14. The van der Waals surface area contributed by atoms with Crippen LogP contribution in [0.25, 0.3) is 0 Å². The standard InChI is InChI=1S/C18H21F3N4O2/c19-18(20,21)11-27-16-10-23-15(9-24-16)17(26)25-14-5-3-12(4-6-14)13-2-1-7-22-8-13/h3,5-6,9-10,12-13,22H,1-2,4,7-8,11H2,(H,25,26)/t12?,13-/m1/s1. The van der Waals surface area contributed by atoms with Crippen molar-refractivity contribution in [3.8, 4) is 5.88 Å². The first-order valence-electron chi connectivity index (χ1n) is 8.83. The quantitative estimate of drug-likeness (QED) is 0.819. The second-order valence-electron chi connectivity index (χ2n) is 6.62. The van der Waals surface area contributed by atoms with Crippen molar-refractivity contribution in [3.05, 3.63) is 42.0 Å². The molecular formula is C18H21F3N4O2. The molecule has 1 aliphatic carbocycles. The number of ether oxygens (including phenoxy) is 1. The molecule has 1 amide bonds. The molecule has 1 unspecified atom stereocenters. The van der Waals surface area contributed by atoms with Crippen molar-refractivity contribution < 1.29 is 22.7 Å². The molecule has 2 aliphatic rings. The van der Waals surface area contributed by atoms with Gasteiger partial charge in [0.2, 0.25) is 5.88 Å². The molecule has 2 atom stereocenters. The average molecular weight is 382 g/mol. The number of allylic oxidation sites excluding steroid dienone is 3. The molecule has 0 bridgehead atoms. The van der Waals surface area contributed by atoms with Gasteiger partial charge in [-0.2, -0.15) is 13.2 Å². The number of rotatable bonds is 5. The Morgan fingerprint density at radius 2 is 2.19 bits per heavy atom. The first-order chi connectivity index (χ1) is 12.9. The molecule has 146 valence electrons. The monoisotopic (exact) mass is 382 g/mol. The highest BCUT2D eigenvalue weighted by Crippen LogP contribution is 2.27. The second kappa shape index (κ2) is 8.51. The third-order valence-electron chi connectivity index (χ3n) is 4.58. The van der Waals surface area contributed by atoms with Crippen molar-refractivity contribution in [3.63, 3.8) is 0 Å². The summed E-state index contributed by atoms with van der Waals surface area (Å²) in [7, 11) is 0. The summed E-state index contributed by atoms with van der Waals surface area (Å²) in [6.45, 7) is 0.636. The fraction of sp³-hybridized carbons (Fsp3) is 0.500. The van der Waals surface area contributed by atoms with Crippen LogP contribution < -0.4 is 15.4 Å². The molecule has 1 aromatic rings. The summed E-state index contributed by atoms with van der Waals surface area (Å²) in [5.41, 5.74) is 0.682. The number of hydrogen-bond donors (Lipinski definition) is 2. The number of aromatic nitrogens is 2. The van der Waals surface area contributed by atoms with Gasteiger partial charge in [-0.05, 0) is 50.3 Å². The van der Waals surface area contributed by atoms with Gasteiger partial charge in [-0.3, -0.25) is 4.79 Å². The van der Waals surface area contributed by atoms with Gasteiger partial charge in [0.05, 0.1) is 12.4 Å². The molecule has 1 aliphatic heterocycles. The van der Waals surface area contributed by atoms with Gasteiger partial charge in [-0.1, -0.05) is 12.2 Å². The second-order valence-corrected chi connectivity index (χ2v) is 6.62. The Bertz CT molecular complexity index is 710. The number of amides is 1. The Kier molecular flexibility index (Phi) is 6.10. The van der Waals surface area contributed by atoms with E-state index in [2.05, 4.69) is 31.4 Å². The van der Waals surface area contributed by atoms with Gasteiger partial charge in [0.25, 0.3) is 5.91 Å². The fourth-order valence-corrected chi connectivity index (χ4v) is 3.18. The summed E-state index contributed by atoms with van der Waals surface area (Å²) >= 11 is 0. The minimum absolute atomic E-state index is 0.00210. The third kappa shape index (κ3) is 5.78. The number of piperidine rings is 1. The first-order valence-corrected chi connectivity index (χ1v) is 8.83. The first kappa shape index (κ1) is 19.3. The van der Waals surface area contributed by atoms with Crippen LogP contribution in [0.4, 0.5) is 13.2 Å². The number of carbonyl (C=O) groups excluding carboxylic acids is 1. The summed E-state index contributed by atoms with van der Waals surface area (Å²) in [5.74, 6) is 0.310. The minimum Gasteiger partial charge on any atom is -0.467 e. The topological polar surface area (TPSA) is 76.1 Å². The van der Waals surface area contributed by atoms with E-state index in [4.69, 9.17) is 0 Å². The van der Waals surface area contributed by atoms with Crippen molar-refractivity contribution in [2.75, 3.05) is 19.7 Å². The predicted octanol–water partition coefficient (Wildman–Crippen LogP) is 2.61. The van der Waals surface area contributed by atoms with Crippen molar-refractivity contribution in [1.29, 1.82) is 0 Å². The lowest BCUT2D eigenvalue weighted by Crippen LogP contribution is -2.34. The Hall–Kier alpha value is -2.42. The molecule has 0 spiro atoms. The molecule has 2 N–H and O–H groups in total. The smallest absolute Gasteiger partial charge is 0.422 e. The lowest BCUT2D eigenvalue weighted by Gasteiger charge is -2.30. The van der Waals surface area contributed by atoms with E-state index in [0.717, 1.165) is 31.9 Å². The molecular weight excluding hydrogens is 361 g/mol. The number of hydrogen-bond acceptors (Lipinski definition) is 5. The van der Waals surface area contributed by atoms with E-state index in [-0.39, 0.29) is 11.6 Å². The average Bonchev–Trinajstić information content (AvgIpc) is 2.67.